The molecule has 2 aromatic carbocycles. The Morgan fingerprint density at radius 1 is 1.08 bits per heavy atom. The number of hydrogen-bond donors (Lipinski definition) is 2. The van der Waals surface area contributed by atoms with Gasteiger partial charge in [0.25, 0.3) is 5.91 Å². The van der Waals surface area contributed by atoms with E-state index in [0.29, 0.717) is 10.8 Å². The van der Waals surface area contributed by atoms with Gasteiger partial charge in [-0.15, -0.1) is 0 Å². The highest BCUT2D eigenvalue weighted by Gasteiger charge is 2.16. The van der Waals surface area contributed by atoms with Gasteiger partial charge >= 0.3 is 0 Å². The van der Waals surface area contributed by atoms with Crippen LogP contribution in [0.25, 0.3) is 0 Å². The zero-order valence-electron chi connectivity index (χ0n) is 15.4. The Kier molecular flexibility index (Phi) is 6.64. The summed E-state index contributed by atoms with van der Waals surface area (Å²) in [6.45, 7) is 7.21. The van der Waals surface area contributed by atoms with Crippen LogP contribution in [0.3, 0.4) is 0 Å². The van der Waals surface area contributed by atoms with Crippen molar-refractivity contribution in [3.63, 3.8) is 0 Å². The highest BCUT2D eigenvalue weighted by molar-refractivity contribution is 6.31. The van der Waals surface area contributed by atoms with Crippen LogP contribution in [0.4, 0.5) is 5.69 Å². The fourth-order valence-electron chi connectivity index (χ4n) is 2.45. The molecular formula is C20H23ClN2O3. The van der Waals surface area contributed by atoms with E-state index < -0.39 is 6.10 Å². The normalized spacial score (nSPS) is 11.6. The van der Waals surface area contributed by atoms with Crippen molar-refractivity contribution in [1.29, 1.82) is 0 Å². The molecule has 0 spiro atoms. The Morgan fingerprint density at radius 3 is 2.35 bits per heavy atom. The molecule has 2 N–H and O–H groups in total. The van der Waals surface area contributed by atoms with Crippen LogP contribution >= 0.6 is 11.6 Å². The molecule has 0 aromatic heterocycles. The third-order valence-corrected chi connectivity index (χ3v) is 4.40. The molecule has 0 fully saturated rings. The Bertz CT molecular complexity index is 800. The van der Waals surface area contributed by atoms with Crippen LogP contribution in [-0.4, -0.2) is 24.5 Å². The van der Waals surface area contributed by atoms with E-state index in [2.05, 4.69) is 10.6 Å². The predicted octanol–water partition coefficient (Wildman–Crippen LogP) is 3.79. The van der Waals surface area contributed by atoms with Gasteiger partial charge in [0.2, 0.25) is 5.91 Å². The first-order valence-electron chi connectivity index (χ1n) is 8.34. The summed E-state index contributed by atoms with van der Waals surface area (Å²) in [5, 5.41) is 6.05. The average molecular weight is 375 g/mol. The molecule has 2 aromatic rings. The lowest BCUT2D eigenvalue weighted by Gasteiger charge is -2.16. The number of nitrogens with one attached hydrogen (secondary N) is 2. The van der Waals surface area contributed by atoms with Gasteiger partial charge in [-0.3, -0.25) is 9.59 Å². The summed E-state index contributed by atoms with van der Waals surface area (Å²) in [5.41, 5.74) is 3.58. The van der Waals surface area contributed by atoms with Gasteiger partial charge in [-0.25, -0.2) is 0 Å². The van der Waals surface area contributed by atoms with E-state index in [1.807, 2.05) is 39.0 Å². The SMILES string of the molecule is Cc1cc(OC(C)C(=O)NCC(=O)Nc2c(C)cccc2C)ccc1Cl. The largest absolute Gasteiger partial charge is 0.481 e. The van der Waals surface area contributed by atoms with E-state index >= 15 is 0 Å². The van der Waals surface area contributed by atoms with E-state index in [4.69, 9.17) is 16.3 Å². The fourth-order valence-corrected chi connectivity index (χ4v) is 2.57. The summed E-state index contributed by atoms with van der Waals surface area (Å²) in [6.07, 6.45) is -0.733. The molecule has 0 saturated carbocycles. The van der Waals surface area contributed by atoms with E-state index in [1.54, 1.807) is 25.1 Å². The Labute approximate surface area is 158 Å². The highest BCUT2D eigenvalue weighted by atomic mass is 35.5. The van der Waals surface area contributed by atoms with Crippen molar-refractivity contribution in [2.75, 3.05) is 11.9 Å². The predicted molar refractivity (Wildman–Crippen MR) is 104 cm³/mol. The van der Waals surface area contributed by atoms with Gasteiger partial charge in [0, 0.05) is 10.7 Å². The highest BCUT2D eigenvalue weighted by Crippen LogP contribution is 2.22. The van der Waals surface area contributed by atoms with Gasteiger partial charge < -0.3 is 15.4 Å². The van der Waals surface area contributed by atoms with Gasteiger partial charge in [0.15, 0.2) is 6.10 Å². The first-order chi connectivity index (χ1) is 12.3. The number of hydrogen-bond acceptors (Lipinski definition) is 3. The van der Waals surface area contributed by atoms with Gasteiger partial charge in [0.1, 0.15) is 5.75 Å². The summed E-state index contributed by atoms with van der Waals surface area (Å²) in [7, 11) is 0. The number of carbonyl (C=O) groups is 2. The van der Waals surface area contributed by atoms with Crippen LogP contribution in [0.2, 0.25) is 5.02 Å². The number of ether oxygens (including phenoxy) is 1. The average Bonchev–Trinajstić information content (AvgIpc) is 2.59. The van der Waals surface area contributed by atoms with Gasteiger partial charge in [-0.05, 0) is 62.6 Å². The zero-order valence-corrected chi connectivity index (χ0v) is 16.1. The molecule has 2 amide bonds. The number of rotatable bonds is 6. The Morgan fingerprint density at radius 2 is 1.73 bits per heavy atom. The monoisotopic (exact) mass is 374 g/mol. The number of anilines is 1. The molecule has 0 bridgehead atoms. The molecular weight excluding hydrogens is 352 g/mol. The van der Waals surface area contributed by atoms with Crippen LogP contribution in [0.15, 0.2) is 36.4 Å². The number of para-hydroxylation sites is 1. The number of carbonyl (C=O) groups excluding carboxylic acids is 2. The quantitative estimate of drug-likeness (QED) is 0.808. The maximum absolute atomic E-state index is 12.1. The van der Waals surface area contributed by atoms with Gasteiger partial charge in [0.05, 0.1) is 6.54 Å². The minimum atomic E-state index is -0.733. The van der Waals surface area contributed by atoms with Crippen molar-refractivity contribution in [2.24, 2.45) is 0 Å². The molecule has 0 saturated heterocycles. The molecule has 1 unspecified atom stereocenters. The molecule has 2 rings (SSSR count). The van der Waals surface area contributed by atoms with Crippen LogP contribution in [0.5, 0.6) is 5.75 Å². The summed E-state index contributed by atoms with van der Waals surface area (Å²) < 4.78 is 5.60. The smallest absolute Gasteiger partial charge is 0.261 e. The van der Waals surface area contributed by atoms with Crippen LogP contribution < -0.4 is 15.4 Å². The van der Waals surface area contributed by atoms with Crippen LogP contribution in [0, 0.1) is 20.8 Å². The van der Waals surface area contributed by atoms with Crippen molar-refractivity contribution in [1.82, 2.24) is 5.32 Å². The maximum atomic E-state index is 12.1. The lowest BCUT2D eigenvalue weighted by Crippen LogP contribution is -2.40. The molecule has 5 nitrogen and oxygen atoms in total. The van der Waals surface area contributed by atoms with E-state index in [0.717, 1.165) is 22.4 Å². The molecule has 0 aliphatic heterocycles. The van der Waals surface area contributed by atoms with Crippen LogP contribution in [-0.2, 0) is 9.59 Å². The molecule has 26 heavy (non-hydrogen) atoms. The second-order valence-corrected chi connectivity index (χ2v) is 6.61. The van der Waals surface area contributed by atoms with Crippen molar-refractivity contribution in [3.8, 4) is 5.75 Å². The summed E-state index contributed by atoms with van der Waals surface area (Å²) in [6, 6.07) is 11.0. The zero-order chi connectivity index (χ0) is 19.3. The second-order valence-electron chi connectivity index (χ2n) is 6.20. The second kappa shape index (κ2) is 8.72. The molecule has 0 aliphatic rings. The maximum Gasteiger partial charge on any atom is 0.261 e. The summed E-state index contributed by atoms with van der Waals surface area (Å²) >= 11 is 5.97. The number of aryl methyl sites for hydroxylation is 3. The summed E-state index contributed by atoms with van der Waals surface area (Å²) in [4.78, 5) is 24.3. The molecule has 0 heterocycles. The first-order valence-corrected chi connectivity index (χ1v) is 8.72. The van der Waals surface area contributed by atoms with E-state index in [9.17, 15) is 9.59 Å². The van der Waals surface area contributed by atoms with Crippen molar-refractivity contribution >= 4 is 29.1 Å². The minimum Gasteiger partial charge on any atom is -0.481 e. The third kappa shape index (κ3) is 5.23. The lowest BCUT2D eigenvalue weighted by atomic mass is 10.1. The van der Waals surface area contributed by atoms with Gasteiger partial charge in [-0.1, -0.05) is 29.8 Å². The van der Waals surface area contributed by atoms with Gasteiger partial charge in [-0.2, -0.15) is 0 Å². The molecule has 0 aliphatic carbocycles. The number of halogens is 1. The lowest BCUT2D eigenvalue weighted by molar-refractivity contribution is -0.129. The Balaban J connectivity index is 1.87. The Hall–Kier alpha value is -2.53. The standard InChI is InChI=1S/C20H23ClN2O3/c1-12-6-5-7-13(2)19(12)23-18(24)11-22-20(25)15(4)26-16-8-9-17(21)14(3)10-16/h5-10,15H,11H2,1-4H3,(H,22,25)(H,23,24). The van der Waals surface area contributed by atoms with E-state index in [-0.39, 0.29) is 18.4 Å². The first kappa shape index (κ1) is 19.8. The minimum absolute atomic E-state index is 0.125. The summed E-state index contributed by atoms with van der Waals surface area (Å²) in [5.74, 6) is -0.103. The number of amides is 2. The van der Waals surface area contributed by atoms with Crippen molar-refractivity contribution < 1.29 is 14.3 Å². The molecule has 138 valence electrons. The molecule has 1 atom stereocenters. The van der Waals surface area contributed by atoms with Crippen molar-refractivity contribution in [2.45, 2.75) is 33.8 Å². The molecule has 0 radical (unpaired) electrons. The van der Waals surface area contributed by atoms with Crippen LogP contribution in [0.1, 0.15) is 23.6 Å². The van der Waals surface area contributed by atoms with Crippen molar-refractivity contribution in [3.05, 3.63) is 58.1 Å². The third-order valence-electron chi connectivity index (χ3n) is 3.98. The molecule has 6 heteroatoms. The van der Waals surface area contributed by atoms with E-state index in [1.165, 1.54) is 0 Å². The fraction of sp³-hybridized carbons (Fsp3) is 0.300. The number of benzene rings is 2. The topological polar surface area (TPSA) is 67.4 Å².